The Morgan fingerprint density at radius 3 is 2.56 bits per heavy atom. The van der Waals surface area contributed by atoms with Gasteiger partial charge >= 0.3 is 0 Å². The molecule has 1 aliphatic heterocycles. The lowest BCUT2D eigenvalue weighted by atomic mass is 10.2. The van der Waals surface area contributed by atoms with E-state index in [9.17, 15) is 13.2 Å². The molecular formula is C19H16N2O5S. The zero-order valence-electron chi connectivity index (χ0n) is 14.7. The zero-order chi connectivity index (χ0) is 19.2. The van der Waals surface area contributed by atoms with Crippen LogP contribution >= 0.6 is 0 Å². The summed E-state index contributed by atoms with van der Waals surface area (Å²) in [5.41, 5.74) is 2.34. The molecule has 27 heavy (non-hydrogen) atoms. The van der Waals surface area contributed by atoms with Crippen molar-refractivity contribution in [3.63, 3.8) is 0 Å². The predicted molar refractivity (Wildman–Crippen MR) is 98.4 cm³/mol. The molecule has 4 rings (SSSR count). The fourth-order valence-electron chi connectivity index (χ4n) is 3.07. The summed E-state index contributed by atoms with van der Waals surface area (Å²) < 4.78 is 36.4. The highest BCUT2D eigenvalue weighted by molar-refractivity contribution is 7.90. The third kappa shape index (κ3) is 2.87. The van der Waals surface area contributed by atoms with Crippen molar-refractivity contribution in [1.29, 1.82) is 0 Å². The van der Waals surface area contributed by atoms with E-state index in [1.165, 1.54) is 12.1 Å². The van der Waals surface area contributed by atoms with Crippen molar-refractivity contribution in [2.45, 2.75) is 11.5 Å². The number of aldehydes is 1. The van der Waals surface area contributed by atoms with Crippen LogP contribution in [0.15, 0.2) is 47.4 Å². The summed E-state index contributed by atoms with van der Waals surface area (Å²) in [6, 6.07) is 12.0. The van der Waals surface area contributed by atoms with Gasteiger partial charge in [0.25, 0.3) is 0 Å². The van der Waals surface area contributed by atoms with E-state index in [0.29, 0.717) is 40.7 Å². The number of carbonyl (C=O) groups is 1. The Bertz CT molecular complexity index is 1150. The second-order valence-electron chi connectivity index (χ2n) is 6.14. The van der Waals surface area contributed by atoms with Gasteiger partial charge in [0.05, 0.1) is 23.4 Å². The largest absolute Gasteiger partial charge is 0.497 e. The molecule has 0 aliphatic carbocycles. The molecule has 1 aliphatic rings. The van der Waals surface area contributed by atoms with Crippen LogP contribution in [-0.4, -0.2) is 37.6 Å². The average molecular weight is 384 g/mol. The lowest BCUT2D eigenvalue weighted by molar-refractivity contribution is 0.111. The van der Waals surface area contributed by atoms with Crippen molar-refractivity contribution in [1.82, 2.24) is 9.55 Å². The summed E-state index contributed by atoms with van der Waals surface area (Å²) in [6.07, 6.45) is 1.84. The van der Waals surface area contributed by atoms with Crippen molar-refractivity contribution in [2.24, 2.45) is 0 Å². The molecule has 0 amide bonds. The minimum absolute atomic E-state index is 0.122. The Kier molecular flexibility index (Phi) is 4.00. The first-order valence-electron chi connectivity index (χ1n) is 8.11. The number of methoxy groups -OCH3 is 1. The van der Waals surface area contributed by atoms with Gasteiger partial charge in [-0.3, -0.25) is 9.36 Å². The van der Waals surface area contributed by atoms with Gasteiger partial charge in [0.15, 0.2) is 16.1 Å². The van der Waals surface area contributed by atoms with Crippen molar-refractivity contribution < 1.29 is 22.7 Å². The minimum Gasteiger partial charge on any atom is -0.497 e. The molecule has 0 unspecified atom stereocenters. The lowest BCUT2D eigenvalue weighted by Gasteiger charge is -2.22. The first-order chi connectivity index (χ1) is 12.9. The lowest BCUT2D eigenvalue weighted by Crippen LogP contribution is -2.15. The highest BCUT2D eigenvalue weighted by Crippen LogP contribution is 2.37. The molecule has 138 valence electrons. The zero-order valence-corrected chi connectivity index (χ0v) is 15.5. The van der Waals surface area contributed by atoms with Crippen LogP contribution in [0.5, 0.6) is 11.5 Å². The Labute approximate surface area is 156 Å². The molecule has 0 N–H and O–H groups in total. The Morgan fingerprint density at radius 1 is 1.19 bits per heavy atom. The molecule has 1 aromatic heterocycles. The van der Waals surface area contributed by atoms with E-state index < -0.39 is 9.84 Å². The normalized spacial score (nSPS) is 12.7. The first-order valence-corrected chi connectivity index (χ1v) is 10.00. The molecule has 0 saturated carbocycles. The van der Waals surface area contributed by atoms with E-state index in [0.717, 1.165) is 11.8 Å². The number of rotatable bonds is 4. The van der Waals surface area contributed by atoms with Gasteiger partial charge in [0.1, 0.15) is 29.6 Å². The van der Waals surface area contributed by atoms with Crippen LogP contribution in [0.1, 0.15) is 16.2 Å². The number of hydrogen-bond donors (Lipinski definition) is 0. The molecule has 0 fully saturated rings. The monoisotopic (exact) mass is 384 g/mol. The van der Waals surface area contributed by atoms with E-state index in [1.54, 1.807) is 13.2 Å². The maximum atomic E-state index is 11.8. The summed E-state index contributed by atoms with van der Waals surface area (Å²) in [5, 5.41) is 0. The molecule has 3 aromatic rings. The maximum absolute atomic E-state index is 11.8. The minimum atomic E-state index is -3.36. The van der Waals surface area contributed by atoms with Crippen molar-refractivity contribution in [3.05, 3.63) is 53.9 Å². The number of nitrogens with zero attached hydrogens (tertiary/aromatic N) is 2. The smallest absolute Gasteiger partial charge is 0.175 e. The number of imidazole rings is 1. The SMILES string of the molecule is COc1ccc(-c2nc(C=O)c3n2-c2ccc(S(C)(=O)=O)cc2OC3)cc1. The number of benzene rings is 2. The summed E-state index contributed by atoms with van der Waals surface area (Å²) in [6.45, 7) is 0.122. The van der Waals surface area contributed by atoms with E-state index in [4.69, 9.17) is 9.47 Å². The van der Waals surface area contributed by atoms with Crippen LogP contribution in [0, 0.1) is 0 Å². The highest BCUT2D eigenvalue weighted by Gasteiger charge is 2.26. The standard InChI is InChI=1S/C19H16N2O5S/c1-25-13-5-3-12(4-6-13)19-20-15(10-22)17-11-26-18-9-14(27(2,23)24)7-8-16(18)21(17)19/h3-10H,11H2,1-2H3. The van der Waals surface area contributed by atoms with Crippen LogP contribution in [-0.2, 0) is 16.4 Å². The second-order valence-corrected chi connectivity index (χ2v) is 8.16. The summed E-state index contributed by atoms with van der Waals surface area (Å²) in [4.78, 5) is 16.1. The third-order valence-corrected chi connectivity index (χ3v) is 5.54. The molecule has 8 heteroatoms. The second kappa shape index (κ2) is 6.24. The molecule has 2 aromatic carbocycles. The van der Waals surface area contributed by atoms with Gasteiger partial charge in [-0.1, -0.05) is 0 Å². The third-order valence-electron chi connectivity index (χ3n) is 4.43. The van der Waals surface area contributed by atoms with Crippen LogP contribution in [0.25, 0.3) is 17.1 Å². The van der Waals surface area contributed by atoms with Gasteiger partial charge in [0.2, 0.25) is 0 Å². The number of aromatic nitrogens is 2. The Morgan fingerprint density at radius 2 is 1.93 bits per heavy atom. The van der Waals surface area contributed by atoms with Crippen LogP contribution < -0.4 is 9.47 Å². The van der Waals surface area contributed by atoms with Crippen LogP contribution in [0.3, 0.4) is 0 Å². The van der Waals surface area contributed by atoms with E-state index in [1.807, 2.05) is 28.8 Å². The van der Waals surface area contributed by atoms with Gasteiger partial charge in [-0.15, -0.1) is 0 Å². The number of carbonyl (C=O) groups excluding carboxylic acids is 1. The molecule has 0 saturated heterocycles. The number of ether oxygens (including phenoxy) is 2. The summed E-state index contributed by atoms with van der Waals surface area (Å²) in [7, 11) is -1.77. The van der Waals surface area contributed by atoms with Crippen molar-refractivity contribution >= 4 is 16.1 Å². The first kappa shape index (κ1) is 17.3. The molecule has 2 heterocycles. The van der Waals surface area contributed by atoms with Crippen LogP contribution in [0.4, 0.5) is 0 Å². The molecular weight excluding hydrogens is 368 g/mol. The molecule has 7 nitrogen and oxygen atoms in total. The van der Waals surface area contributed by atoms with E-state index in [-0.39, 0.29) is 11.5 Å². The molecule has 0 radical (unpaired) electrons. The maximum Gasteiger partial charge on any atom is 0.175 e. The summed E-state index contributed by atoms with van der Waals surface area (Å²) in [5.74, 6) is 1.71. The predicted octanol–water partition coefficient (Wildman–Crippen LogP) is 2.66. The molecule has 0 spiro atoms. The molecule has 0 atom stereocenters. The van der Waals surface area contributed by atoms with E-state index >= 15 is 0 Å². The number of fused-ring (bicyclic) bond motifs is 3. The highest BCUT2D eigenvalue weighted by atomic mass is 32.2. The fraction of sp³-hybridized carbons (Fsp3) is 0.158. The van der Waals surface area contributed by atoms with Crippen molar-refractivity contribution in [2.75, 3.05) is 13.4 Å². The molecule has 0 bridgehead atoms. The Hall–Kier alpha value is -3.13. The summed E-state index contributed by atoms with van der Waals surface area (Å²) >= 11 is 0. The van der Waals surface area contributed by atoms with Gasteiger partial charge in [-0.25, -0.2) is 13.4 Å². The fourth-order valence-corrected chi connectivity index (χ4v) is 3.70. The van der Waals surface area contributed by atoms with Gasteiger partial charge in [-0.2, -0.15) is 0 Å². The van der Waals surface area contributed by atoms with Gasteiger partial charge in [0, 0.05) is 17.9 Å². The quantitative estimate of drug-likeness (QED) is 0.643. The van der Waals surface area contributed by atoms with Crippen molar-refractivity contribution in [3.8, 4) is 28.6 Å². The average Bonchev–Trinajstić information content (AvgIpc) is 3.06. The van der Waals surface area contributed by atoms with E-state index in [2.05, 4.69) is 4.98 Å². The van der Waals surface area contributed by atoms with Gasteiger partial charge < -0.3 is 9.47 Å². The number of hydrogen-bond acceptors (Lipinski definition) is 6. The van der Waals surface area contributed by atoms with Gasteiger partial charge in [-0.05, 0) is 36.4 Å². The Balaban J connectivity index is 1.93. The topological polar surface area (TPSA) is 87.5 Å². The van der Waals surface area contributed by atoms with Crippen LogP contribution in [0.2, 0.25) is 0 Å². The number of sulfone groups is 1.